The largest absolute Gasteiger partial charge is 0.378 e. The minimum absolute atomic E-state index is 0.0456. The number of alkyl halides is 3. The summed E-state index contributed by atoms with van der Waals surface area (Å²) in [5.74, 6) is 5.47. The van der Waals surface area contributed by atoms with Crippen LogP contribution in [0.4, 0.5) is 24.7 Å². The molecule has 5 fully saturated rings. The van der Waals surface area contributed by atoms with Crippen LogP contribution >= 0.6 is 0 Å². The summed E-state index contributed by atoms with van der Waals surface area (Å²) >= 11 is 0. The van der Waals surface area contributed by atoms with Gasteiger partial charge in [-0.05, 0) is 56.6 Å². The lowest BCUT2D eigenvalue weighted by Crippen LogP contribution is -2.63. The van der Waals surface area contributed by atoms with E-state index in [1.165, 1.54) is 16.9 Å². The zero-order valence-electron chi connectivity index (χ0n) is 36.0. The number of imide groups is 1. The molecular weight excluding hydrogens is 846 g/mol. The SMILES string of the molecule is Cn1nc(C2CCC(=O)NC2=O)c2cccc(C#CCO[C@@H]3CCN(CC4CCC(n5cc(NC(=O)c6cnn7ccc(N8CC(NC9COC9)C8)nc67)c(C(F)F)n5)CC4)C[C@@H]3F)c21. The number of rotatable bonds is 12. The molecular formula is C45H51F3N12O5. The van der Waals surface area contributed by atoms with Gasteiger partial charge in [-0.2, -0.15) is 15.3 Å². The highest BCUT2D eigenvalue weighted by Crippen LogP contribution is 2.36. The van der Waals surface area contributed by atoms with Gasteiger partial charge in [0, 0.05) is 70.0 Å². The number of aryl methyl sites for hydroxylation is 1. The molecule has 5 aliphatic rings. The van der Waals surface area contributed by atoms with Crippen molar-refractivity contribution in [2.24, 2.45) is 13.0 Å². The van der Waals surface area contributed by atoms with Gasteiger partial charge in [0.25, 0.3) is 12.3 Å². The number of carbonyl (C=O) groups excluding carboxylic acids is 3. The number of halogens is 3. The number of ether oxygens (including phenoxy) is 2. The first-order chi connectivity index (χ1) is 31.5. The number of fused-ring (bicyclic) bond motifs is 2. The van der Waals surface area contributed by atoms with Crippen molar-refractivity contribution in [3.63, 3.8) is 0 Å². The van der Waals surface area contributed by atoms with Crippen LogP contribution in [0.15, 0.2) is 42.9 Å². The molecule has 3 N–H and O–H groups in total. The van der Waals surface area contributed by atoms with E-state index in [2.05, 4.69) is 52.9 Å². The predicted octanol–water partition coefficient (Wildman–Crippen LogP) is 3.91. The fourth-order valence-electron chi connectivity index (χ4n) is 9.89. The van der Waals surface area contributed by atoms with E-state index in [-0.39, 0.29) is 48.7 Å². The average molecular weight is 897 g/mol. The first kappa shape index (κ1) is 43.0. The van der Waals surface area contributed by atoms with Gasteiger partial charge in [-0.15, -0.1) is 0 Å². The van der Waals surface area contributed by atoms with Crippen molar-refractivity contribution in [2.45, 2.75) is 87.7 Å². The van der Waals surface area contributed by atoms with Crippen molar-refractivity contribution in [3.8, 4) is 11.8 Å². The number of likely N-dealkylation sites (tertiary alicyclic amines) is 1. The van der Waals surface area contributed by atoms with E-state index in [0.29, 0.717) is 73.0 Å². The summed E-state index contributed by atoms with van der Waals surface area (Å²) in [5.41, 5.74) is 2.07. The van der Waals surface area contributed by atoms with Gasteiger partial charge in [0.05, 0.1) is 66.0 Å². The maximum absolute atomic E-state index is 15.5. The highest BCUT2D eigenvalue weighted by Gasteiger charge is 2.35. The molecule has 4 aromatic heterocycles. The minimum Gasteiger partial charge on any atom is -0.378 e. The van der Waals surface area contributed by atoms with Gasteiger partial charge in [-0.3, -0.25) is 34.0 Å². The van der Waals surface area contributed by atoms with Crippen molar-refractivity contribution >= 4 is 45.8 Å². The molecule has 65 heavy (non-hydrogen) atoms. The van der Waals surface area contributed by atoms with E-state index in [0.717, 1.165) is 56.6 Å². The molecule has 17 nitrogen and oxygen atoms in total. The van der Waals surface area contributed by atoms with Crippen LogP contribution in [-0.2, 0) is 26.1 Å². The molecule has 0 bridgehead atoms. The van der Waals surface area contributed by atoms with Gasteiger partial charge in [0.1, 0.15) is 24.2 Å². The van der Waals surface area contributed by atoms with Crippen LogP contribution in [0.2, 0.25) is 0 Å². The average Bonchev–Trinajstić information content (AvgIpc) is 3.98. The number of aromatic nitrogens is 7. The zero-order chi connectivity index (χ0) is 44.8. The van der Waals surface area contributed by atoms with E-state index in [1.54, 1.807) is 22.6 Å². The van der Waals surface area contributed by atoms with Crippen molar-refractivity contribution in [3.05, 3.63) is 65.4 Å². The molecule has 1 saturated carbocycles. The molecule has 4 aliphatic heterocycles. The fourth-order valence-corrected chi connectivity index (χ4v) is 9.89. The van der Waals surface area contributed by atoms with E-state index in [1.807, 2.05) is 24.3 Å². The molecule has 1 aliphatic carbocycles. The summed E-state index contributed by atoms with van der Waals surface area (Å²) in [6.45, 7) is 4.72. The molecule has 1 aromatic carbocycles. The number of hydrogen-bond acceptors (Lipinski definition) is 12. The van der Waals surface area contributed by atoms with Crippen LogP contribution in [0.25, 0.3) is 16.6 Å². The highest BCUT2D eigenvalue weighted by molar-refractivity contribution is 6.08. The highest BCUT2D eigenvalue weighted by atomic mass is 19.3. The lowest BCUT2D eigenvalue weighted by atomic mass is 9.85. The summed E-state index contributed by atoms with van der Waals surface area (Å²) in [6.07, 6.45) is 4.25. The number of hydrogen-bond donors (Lipinski definition) is 3. The number of para-hydroxylation sites is 1. The normalized spacial score (nSPS) is 24.5. The van der Waals surface area contributed by atoms with E-state index in [9.17, 15) is 23.2 Å². The summed E-state index contributed by atoms with van der Waals surface area (Å²) in [6, 6.07) is 8.05. The fraction of sp³-hybridized carbons (Fsp3) is 0.533. The Morgan fingerprint density at radius 3 is 2.63 bits per heavy atom. The molecule has 5 aromatic rings. The van der Waals surface area contributed by atoms with E-state index >= 15 is 4.39 Å². The Labute approximate surface area is 372 Å². The quantitative estimate of drug-likeness (QED) is 0.122. The van der Waals surface area contributed by atoms with Crippen LogP contribution in [0.1, 0.15) is 90.6 Å². The molecule has 342 valence electrons. The number of benzene rings is 1. The maximum Gasteiger partial charge on any atom is 0.284 e. The van der Waals surface area contributed by atoms with Crippen LogP contribution in [-0.4, -0.2) is 134 Å². The van der Waals surface area contributed by atoms with Crippen molar-refractivity contribution in [1.82, 2.24) is 49.7 Å². The zero-order valence-corrected chi connectivity index (χ0v) is 36.0. The predicted molar refractivity (Wildman–Crippen MR) is 231 cm³/mol. The van der Waals surface area contributed by atoms with Gasteiger partial charge in [0.2, 0.25) is 11.8 Å². The second-order valence-electron chi connectivity index (χ2n) is 17.9. The smallest absolute Gasteiger partial charge is 0.284 e. The summed E-state index contributed by atoms with van der Waals surface area (Å²) < 4.78 is 60.0. The van der Waals surface area contributed by atoms with Gasteiger partial charge in [-0.1, -0.05) is 24.0 Å². The second kappa shape index (κ2) is 18.2. The molecule has 0 spiro atoms. The molecule has 3 atom stereocenters. The van der Waals surface area contributed by atoms with Gasteiger partial charge in [0.15, 0.2) is 11.3 Å². The van der Waals surface area contributed by atoms with E-state index < -0.39 is 36.2 Å². The third-order valence-corrected chi connectivity index (χ3v) is 13.5. The minimum atomic E-state index is -2.90. The van der Waals surface area contributed by atoms with Crippen LogP contribution in [0.3, 0.4) is 0 Å². The Kier molecular flexibility index (Phi) is 12.0. The third kappa shape index (κ3) is 8.94. The molecule has 4 saturated heterocycles. The Balaban J connectivity index is 0.695. The number of piperidine rings is 2. The molecule has 10 rings (SSSR count). The maximum atomic E-state index is 15.5. The number of anilines is 2. The monoisotopic (exact) mass is 896 g/mol. The Morgan fingerprint density at radius 2 is 1.88 bits per heavy atom. The lowest BCUT2D eigenvalue weighted by molar-refractivity contribution is -0.134. The van der Waals surface area contributed by atoms with Gasteiger partial charge in [-0.25, -0.2) is 22.7 Å². The Hall–Kier alpha value is -5.88. The number of amides is 3. The first-order valence-corrected chi connectivity index (χ1v) is 22.4. The van der Waals surface area contributed by atoms with Crippen molar-refractivity contribution in [2.75, 3.05) is 62.8 Å². The molecule has 3 amide bonds. The van der Waals surface area contributed by atoms with Crippen molar-refractivity contribution in [1.29, 1.82) is 0 Å². The molecule has 0 radical (unpaired) electrons. The Morgan fingerprint density at radius 1 is 1.05 bits per heavy atom. The molecule has 1 unspecified atom stereocenters. The number of carbonyl (C=O) groups is 3. The second-order valence-corrected chi connectivity index (χ2v) is 17.9. The lowest BCUT2D eigenvalue weighted by Gasteiger charge is -2.43. The first-order valence-electron chi connectivity index (χ1n) is 22.4. The van der Waals surface area contributed by atoms with Gasteiger partial charge < -0.3 is 25.0 Å². The number of nitrogens with zero attached hydrogens (tertiary/aromatic N) is 9. The van der Waals surface area contributed by atoms with Crippen molar-refractivity contribution < 1.29 is 37.0 Å². The van der Waals surface area contributed by atoms with E-state index in [4.69, 9.17) is 14.5 Å². The Bertz CT molecular complexity index is 2660. The summed E-state index contributed by atoms with van der Waals surface area (Å²) in [4.78, 5) is 46.7. The molecule has 8 heterocycles. The topological polar surface area (TPSA) is 178 Å². The summed E-state index contributed by atoms with van der Waals surface area (Å²) in [7, 11) is 1.79. The van der Waals surface area contributed by atoms with Crippen LogP contribution in [0, 0.1) is 17.8 Å². The van der Waals surface area contributed by atoms with Gasteiger partial charge >= 0.3 is 0 Å². The van der Waals surface area contributed by atoms with Crippen LogP contribution in [0.5, 0.6) is 0 Å². The standard InChI is InChI=1S/C45H51F3N12O5/c1-56-41-27(4-2-6-31(41)39(54-56)32-11-12-38(61)53-44(32)62)5-3-17-65-36-13-15-57(22-34(36)46)19-26-7-9-30(10-8-26)60-23-35(40(55-60)42(47)48)51-45(63)33-18-49-59-16-14-37(52-43(33)59)58-20-28(21-58)50-29-24-64-25-29/h2,4,6,14,16,18,23,26,28-30,32,34,36,42,50H,7-13,15,17,19-22,24-25H2,1H3,(H,51,63)(H,53,61,62)/t26?,30?,32?,34-,36+/m0/s1. The molecule has 20 heteroatoms. The third-order valence-electron chi connectivity index (χ3n) is 13.5. The number of nitrogens with one attached hydrogen (secondary N) is 3. The summed E-state index contributed by atoms with van der Waals surface area (Å²) in [5, 5.41) is 22.6. The van der Waals surface area contributed by atoms with Crippen LogP contribution < -0.4 is 20.9 Å².